The maximum absolute atomic E-state index is 9.70. The van der Waals surface area contributed by atoms with Crippen LogP contribution in [0.3, 0.4) is 0 Å². The van der Waals surface area contributed by atoms with E-state index in [-0.39, 0.29) is 28.4 Å². The molecule has 0 saturated heterocycles. The highest BCUT2D eigenvalue weighted by Crippen LogP contribution is 2.35. The van der Waals surface area contributed by atoms with Crippen molar-refractivity contribution >= 4 is 40.7 Å². The molecule has 3 rings (SSSR count). The van der Waals surface area contributed by atoms with Gasteiger partial charge in [0.15, 0.2) is 5.75 Å². The van der Waals surface area contributed by atoms with E-state index in [0.29, 0.717) is 23.1 Å². The van der Waals surface area contributed by atoms with E-state index in [1.165, 1.54) is 0 Å². The molecule has 0 aliphatic rings. The maximum atomic E-state index is 9.70. The predicted molar refractivity (Wildman–Crippen MR) is 107 cm³/mol. The van der Waals surface area contributed by atoms with Gasteiger partial charge in [0, 0.05) is 35.8 Å². The minimum absolute atomic E-state index is 0.0607. The van der Waals surface area contributed by atoms with Gasteiger partial charge in [0.05, 0.1) is 22.3 Å². The van der Waals surface area contributed by atoms with Crippen molar-refractivity contribution in [3.8, 4) is 17.0 Å². The molecule has 0 fully saturated rings. The Morgan fingerprint density at radius 2 is 1.74 bits per heavy atom. The molecular formula is C18H17Cl2N5O2. The topological polar surface area (TPSA) is 103 Å². The number of nitrogens with zero attached hydrogens (tertiary/aromatic N) is 3. The molecule has 0 unspecified atom stereocenters. The second-order valence-electron chi connectivity index (χ2n) is 5.84. The number of anilines is 3. The average Bonchev–Trinajstić information content (AvgIpc) is 2.66. The lowest BCUT2D eigenvalue weighted by Crippen LogP contribution is -2.21. The fourth-order valence-electron chi connectivity index (χ4n) is 2.30. The number of rotatable bonds is 6. The van der Waals surface area contributed by atoms with Crippen LogP contribution in [-0.4, -0.2) is 37.8 Å². The highest BCUT2D eigenvalue weighted by molar-refractivity contribution is 6.37. The number of benzene rings is 1. The van der Waals surface area contributed by atoms with Crippen LogP contribution in [0.5, 0.6) is 5.75 Å². The van der Waals surface area contributed by atoms with Crippen molar-refractivity contribution in [1.29, 1.82) is 0 Å². The molecule has 0 amide bonds. The molecular weight excluding hydrogens is 389 g/mol. The van der Waals surface area contributed by atoms with E-state index in [2.05, 4.69) is 25.6 Å². The van der Waals surface area contributed by atoms with Crippen LogP contribution in [-0.2, 0) is 0 Å². The fraction of sp³-hybridized carbons (Fsp3) is 0.167. The van der Waals surface area contributed by atoms with Crippen LogP contribution in [0.25, 0.3) is 11.3 Å². The molecule has 4 N–H and O–H groups in total. The standard InChI is InChI=1S/C18H17Cl2N5O2/c1-10(9-26)22-18-24-15(11-2-4-21-5-3-11)8-16(25-18)23-12-6-13(19)17(27)14(20)7-12/h2-8,10,26-27H,9H2,1H3,(H2,22,23,24,25)/t10-/m0/s1. The van der Waals surface area contributed by atoms with Gasteiger partial charge in [-0.3, -0.25) is 4.98 Å². The highest BCUT2D eigenvalue weighted by Gasteiger charge is 2.11. The summed E-state index contributed by atoms with van der Waals surface area (Å²) in [6, 6.07) is 8.29. The van der Waals surface area contributed by atoms with E-state index in [0.717, 1.165) is 5.56 Å². The second-order valence-corrected chi connectivity index (χ2v) is 6.65. The third-order valence-corrected chi connectivity index (χ3v) is 4.22. The van der Waals surface area contributed by atoms with E-state index in [9.17, 15) is 10.2 Å². The van der Waals surface area contributed by atoms with Crippen molar-refractivity contribution in [3.63, 3.8) is 0 Å². The number of aliphatic hydroxyl groups excluding tert-OH is 1. The zero-order valence-corrected chi connectivity index (χ0v) is 15.8. The number of hydrogen-bond acceptors (Lipinski definition) is 7. The van der Waals surface area contributed by atoms with Gasteiger partial charge in [-0.1, -0.05) is 23.2 Å². The number of aromatic nitrogens is 3. The molecule has 1 aromatic carbocycles. The predicted octanol–water partition coefficient (Wildman–Crippen LogP) is 4.09. The number of aliphatic hydroxyl groups is 1. The van der Waals surface area contributed by atoms with E-state index < -0.39 is 0 Å². The smallest absolute Gasteiger partial charge is 0.225 e. The number of hydrogen-bond donors (Lipinski definition) is 4. The molecule has 7 nitrogen and oxygen atoms in total. The first-order valence-electron chi connectivity index (χ1n) is 8.08. The molecule has 0 saturated carbocycles. The van der Waals surface area contributed by atoms with Crippen molar-refractivity contribution in [1.82, 2.24) is 15.0 Å². The Labute approximate surface area is 166 Å². The van der Waals surface area contributed by atoms with Gasteiger partial charge < -0.3 is 20.8 Å². The van der Waals surface area contributed by atoms with Crippen molar-refractivity contribution in [2.75, 3.05) is 17.2 Å². The SMILES string of the molecule is C[C@@H](CO)Nc1nc(Nc2cc(Cl)c(O)c(Cl)c2)cc(-c2ccncc2)n1. The van der Waals surface area contributed by atoms with Crippen molar-refractivity contribution in [2.45, 2.75) is 13.0 Å². The Kier molecular flexibility index (Phi) is 5.95. The molecule has 2 heterocycles. The molecule has 27 heavy (non-hydrogen) atoms. The van der Waals surface area contributed by atoms with Gasteiger partial charge in [0.2, 0.25) is 5.95 Å². The van der Waals surface area contributed by atoms with Gasteiger partial charge in [-0.2, -0.15) is 4.98 Å². The number of aromatic hydroxyl groups is 1. The zero-order valence-electron chi connectivity index (χ0n) is 14.3. The number of pyridine rings is 1. The third kappa shape index (κ3) is 4.77. The summed E-state index contributed by atoms with van der Waals surface area (Å²) in [6.45, 7) is 1.75. The molecule has 0 radical (unpaired) electrons. The van der Waals surface area contributed by atoms with Crippen molar-refractivity contribution in [3.05, 3.63) is 52.8 Å². The molecule has 0 aliphatic heterocycles. The summed E-state index contributed by atoms with van der Waals surface area (Å²) in [5, 5.41) is 25.4. The Bertz CT molecular complexity index is 917. The molecule has 1 atom stereocenters. The minimum Gasteiger partial charge on any atom is -0.505 e. The molecule has 0 bridgehead atoms. The average molecular weight is 406 g/mol. The van der Waals surface area contributed by atoms with E-state index in [1.807, 2.05) is 19.1 Å². The summed E-state index contributed by atoms with van der Waals surface area (Å²) in [5.74, 6) is 0.662. The molecule has 9 heteroatoms. The molecule has 0 spiro atoms. The molecule has 3 aromatic rings. The number of phenols is 1. The summed E-state index contributed by atoms with van der Waals surface area (Å²) in [6.07, 6.45) is 3.35. The molecule has 2 aromatic heterocycles. The van der Waals surface area contributed by atoms with Gasteiger partial charge in [0.25, 0.3) is 0 Å². The first-order chi connectivity index (χ1) is 13.0. The van der Waals surface area contributed by atoms with Crippen LogP contribution in [0, 0.1) is 0 Å². The van der Waals surface area contributed by atoms with Gasteiger partial charge in [-0.05, 0) is 31.2 Å². The lowest BCUT2D eigenvalue weighted by Gasteiger charge is -2.14. The van der Waals surface area contributed by atoms with Crippen LogP contribution in [0.1, 0.15) is 6.92 Å². The van der Waals surface area contributed by atoms with Crippen LogP contribution in [0.15, 0.2) is 42.7 Å². The lowest BCUT2D eigenvalue weighted by molar-refractivity contribution is 0.281. The summed E-state index contributed by atoms with van der Waals surface area (Å²) in [5.41, 5.74) is 2.08. The van der Waals surface area contributed by atoms with E-state index in [1.54, 1.807) is 30.6 Å². The largest absolute Gasteiger partial charge is 0.505 e. The Balaban J connectivity index is 1.99. The molecule has 0 aliphatic carbocycles. The van der Waals surface area contributed by atoms with Crippen LogP contribution >= 0.6 is 23.2 Å². The second kappa shape index (κ2) is 8.39. The summed E-state index contributed by atoms with van der Waals surface area (Å²) >= 11 is 12.0. The first-order valence-corrected chi connectivity index (χ1v) is 8.83. The highest BCUT2D eigenvalue weighted by atomic mass is 35.5. The summed E-state index contributed by atoms with van der Waals surface area (Å²) in [7, 11) is 0. The minimum atomic E-state index is -0.219. The van der Waals surface area contributed by atoms with Crippen LogP contribution in [0.4, 0.5) is 17.5 Å². The van der Waals surface area contributed by atoms with Crippen LogP contribution < -0.4 is 10.6 Å². The third-order valence-electron chi connectivity index (χ3n) is 3.64. The van der Waals surface area contributed by atoms with Gasteiger partial charge in [-0.15, -0.1) is 0 Å². The van der Waals surface area contributed by atoms with E-state index >= 15 is 0 Å². The molecule has 140 valence electrons. The summed E-state index contributed by atoms with van der Waals surface area (Å²) in [4.78, 5) is 12.9. The number of nitrogens with one attached hydrogen (secondary N) is 2. The van der Waals surface area contributed by atoms with Crippen LogP contribution in [0.2, 0.25) is 10.0 Å². The van der Waals surface area contributed by atoms with Crippen molar-refractivity contribution < 1.29 is 10.2 Å². The van der Waals surface area contributed by atoms with E-state index in [4.69, 9.17) is 23.2 Å². The monoisotopic (exact) mass is 405 g/mol. The maximum Gasteiger partial charge on any atom is 0.225 e. The van der Waals surface area contributed by atoms with Gasteiger partial charge >= 0.3 is 0 Å². The Morgan fingerprint density at radius 3 is 2.37 bits per heavy atom. The zero-order chi connectivity index (χ0) is 19.4. The number of halogens is 2. The Hall–Kier alpha value is -2.61. The fourth-order valence-corrected chi connectivity index (χ4v) is 2.79. The van der Waals surface area contributed by atoms with Crippen molar-refractivity contribution in [2.24, 2.45) is 0 Å². The van der Waals surface area contributed by atoms with Gasteiger partial charge in [-0.25, -0.2) is 4.98 Å². The Morgan fingerprint density at radius 1 is 1.07 bits per heavy atom. The normalized spacial score (nSPS) is 11.9. The number of phenolic OH excluding ortho intramolecular Hbond substituents is 1. The quantitative estimate of drug-likeness (QED) is 0.457. The first kappa shape index (κ1) is 19.2. The lowest BCUT2D eigenvalue weighted by atomic mass is 10.2. The summed E-state index contributed by atoms with van der Waals surface area (Å²) < 4.78 is 0. The van der Waals surface area contributed by atoms with Gasteiger partial charge in [0.1, 0.15) is 5.82 Å².